The smallest absolute Gasteiger partial charge is 0.258 e. The molecule has 6 nitrogen and oxygen atoms in total. The van der Waals surface area contributed by atoms with E-state index in [1.165, 1.54) is 26.7 Å². The van der Waals surface area contributed by atoms with Gasteiger partial charge in [0, 0.05) is 25.7 Å². The summed E-state index contributed by atoms with van der Waals surface area (Å²) in [6.45, 7) is 4.26. The first kappa shape index (κ1) is 20.3. The molecule has 2 aromatic carbocycles. The zero-order chi connectivity index (χ0) is 19.8. The number of hydrogen-bond donors (Lipinski definition) is 1. The van der Waals surface area contributed by atoms with Gasteiger partial charge in [0.25, 0.3) is 5.91 Å². The van der Waals surface area contributed by atoms with Gasteiger partial charge in [0.05, 0.1) is 14.2 Å². The first-order valence-corrected chi connectivity index (χ1v) is 8.88. The molecule has 2 rings (SSSR count). The summed E-state index contributed by atoms with van der Waals surface area (Å²) in [6, 6.07) is 13.0. The van der Waals surface area contributed by atoms with Gasteiger partial charge in [-0.3, -0.25) is 9.59 Å². The number of methoxy groups -OCH3 is 2. The van der Waals surface area contributed by atoms with Crippen LogP contribution in [0.2, 0.25) is 0 Å². The van der Waals surface area contributed by atoms with E-state index in [-0.39, 0.29) is 11.8 Å². The number of rotatable bonds is 8. The molecule has 0 bridgehead atoms. The zero-order valence-electron chi connectivity index (χ0n) is 16.2. The van der Waals surface area contributed by atoms with Gasteiger partial charge < -0.3 is 19.7 Å². The molecule has 2 aromatic rings. The molecule has 0 fully saturated rings. The van der Waals surface area contributed by atoms with Crippen molar-refractivity contribution in [2.24, 2.45) is 0 Å². The fourth-order valence-electron chi connectivity index (χ4n) is 2.82. The Balaban J connectivity index is 2.07. The highest BCUT2D eigenvalue weighted by Crippen LogP contribution is 2.27. The zero-order valence-corrected chi connectivity index (χ0v) is 16.2. The van der Waals surface area contributed by atoms with Crippen molar-refractivity contribution in [2.75, 3.05) is 32.2 Å². The Morgan fingerprint density at radius 1 is 1.00 bits per heavy atom. The van der Waals surface area contributed by atoms with E-state index in [2.05, 4.69) is 12.2 Å². The Bertz CT molecular complexity index is 765. The van der Waals surface area contributed by atoms with Crippen LogP contribution in [0.25, 0.3) is 0 Å². The van der Waals surface area contributed by atoms with Crippen molar-refractivity contribution in [1.82, 2.24) is 5.32 Å². The number of nitrogens with zero attached hydrogens (tertiary/aromatic N) is 1. The molecule has 6 heteroatoms. The van der Waals surface area contributed by atoms with Crippen molar-refractivity contribution in [3.05, 3.63) is 53.6 Å². The first-order valence-electron chi connectivity index (χ1n) is 8.88. The molecule has 0 aliphatic carbocycles. The molecule has 1 N–H and O–H groups in total. The van der Waals surface area contributed by atoms with Gasteiger partial charge in [-0.1, -0.05) is 25.1 Å². The number of ether oxygens (including phenoxy) is 2. The fourth-order valence-corrected chi connectivity index (χ4v) is 2.82. The second kappa shape index (κ2) is 9.62. The van der Waals surface area contributed by atoms with E-state index in [0.29, 0.717) is 30.2 Å². The van der Waals surface area contributed by atoms with Crippen LogP contribution in [-0.2, 0) is 11.2 Å². The predicted molar refractivity (Wildman–Crippen MR) is 106 cm³/mol. The summed E-state index contributed by atoms with van der Waals surface area (Å²) in [7, 11) is 3.01. The van der Waals surface area contributed by atoms with Gasteiger partial charge in [-0.2, -0.15) is 0 Å². The summed E-state index contributed by atoms with van der Waals surface area (Å²) in [5, 5.41) is 2.83. The van der Waals surface area contributed by atoms with Crippen molar-refractivity contribution in [1.29, 1.82) is 0 Å². The summed E-state index contributed by atoms with van der Waals surface area (Å²) in [5.41, 5.74) is 2.35. The maximum Gasteiger partial charge on any atom is 0.258 e. The number of carbonyl (C=O) groups excluding carboxylic acids is 2. The minimum atomic E-state index is -0.311. The lowest BCUT2D eigenvalue weighted by molar-refractivity contribution is -0.116. The Morgan fingerprint density at radius 2 is 1.59 bits per heavy atom. The topological polar surface area (TPSA) is 67.9 Å². The third-order valence-corrected chi connectivity index (χ3v) is 4.31. The van der Waals surface area contributed by atoms with Crippen LogP contribution in [0.1, 0.15) is 29.8 Å². The highest BCUT2D eigenvalue weighted by atomic mass is 16.5. The second-order valence-electron chi connectivity index (χ2n) is 5.98. The van der Waals surface area contributed by atoms with E-state index in [9.17, 15) is 9.59 Å². The summed E-state index contributed by atoms with van der Waals surface area (Å²) in [6.07, 6.45) is 0.942. The Kier molecular flexibility index (Phi) is 7.23. The summed E-state index contributed by atoms with van der Waals surface area (Å²) >= 11 is 0. The van der Waals surface area contributed by atoms with Crippen molar-refractivity contribution < 1.29 is 19.1 Å². The van der Waals surface area contributed by atoms with Crippen LogP contribution in [0.4, 0.5) is 5.69 Å². The average molecular weight is 370 g/mol. The van der Waals surface area contributed by atoms with Crippen LogP contribution in [0.5, 0.6) is 11.5 Å². The van der Waals surface area contributed by atoms with E-state index in [4.69, 9.17) is 9.47 Å². The van der Waals surface area contributed by atoms with Crippen molar-refractivity contribution in [3.63, 3.8) is 0 Å². The third kappa shape index (κ3) is 5.00. The van der Waals surface area contributed by atoms with Gasteiger partial charge in [-0.15, -0.1) is 0 Å². The number of hydrogen-bond acceptors (Lipinski definition) is 4. The number of benzene rings is 2. The largest absolute Gasteiger partial charge is 0.496 e. The molecule has 0 aliphatic rings. The molecule has 0 saturated carbocycles. The minimum Gasteiger partial charge on any atom is -0.496 e. The average Bonchev–Trinajstić information content (AvgIpc) is 2.70. The van der Waals surface area contributed by atoms with Crippen LogP contribution in [0, 0.1) is 0 Å². The maximum absolute atomic E-state index is 12.6. The Hall–Kier alpha value is -3.02. The molecule has 27 heavy (non-hydrogen) atoms. The number of aryl methyl sites for hydroxylation is 1. The molecule has 0 unspecified atom stereocenters. The molecular weight excluding hydrogens is 344 g/mol. The number of anilines is 1. The Morgan fingerprint density at radius 3 is 2.07 bits per heavy atom. The predicted octanol–water partition coefficient (Wildman–Crippen LogP) is 3.05. The van der Waals surface area contributed by atoms with Gasteiger partial charge in [0.15, 0.2) is 0 Å². The Labute approximate surface area is 160 Å². The molecule has 0 radical (unpaired) electrons. The number of amides is 2. The molecule has 0 heterocycles. The first-order chi connectivity index (χ1) is 13.0. The third-order valence-electron chi connectivity index (χ3n) is 4.31. The second-order valence-corrected chi connectivity index (χ2v) is 5.98. The summed E-state index contributed by atoms with van der Waals surface area (Å²) in [5.74, 6) is 0.480. The fraction of sp³-hybridized carbons (Fsp3) is 0.333. The molecule has 0 atom stereocenters. The van der Waals surface area contributed by atoms with Gasteiger partial charge >= 0.3 is 0 Å². The lowest BCUT2D eigenvalue weighted by atomic mass is 10.1. The number of nitrogens with one attached hydrogen (secondary N) is 1. The van der Waals surface area contributed by atoms with Crippen LogP contribution in [0.15, 0.2) is 42.5 Å². The van der Waals surface area contributed by atoms with Crippen LogP contribution >= 0.6 is 0 Å². The van der Waals surface area contributed by atoms with Crippen molar-refractivity contribution in [3.8, 4) is 11.5 Å². The van der Waals surface area contributed by atoms with Crippen LogP contribution < -0.4 is 19.7 Å². The number of carbonyl (C=O) groups is 2. The van der Waals surface area contributed by atoms with Gasteiger partial charge in [0.1, 0.15) is 17.1 Å². The molecule has 2 amide bonds. The van der Waals surface area contributed by atoms with Crippen LogP contribution in [-0.4, -0.2) is 39.1 Å². The lowest BCUT2D eigenvalue weighted by Crippen LogP contribution is -2.37. The highest BCUT2D eigenvalue weighted by molar-refractivity contribution is 6.00. The summed E-state index contributed by atoms with van der Waals surface area (Å²) in [4.78, 5) is 26.3. The van der Waals surface area contributed by atoms with E-state index >= 15 is 0 Å². The highest BCUT2D eigenvalue weighted by Gasteiger charge is 2.18. The van der Waals surface area contributed by atoms with E-state index in [1.807, 2.05) is 24.3 Å². The van der Waals surface area contributed by atoms with Crippen molar-refractivity contribution >= 4 is 17.5 Å². The van der Waals surface area contributed by atoms with Gasteiger partial charge in [-0.25, -0.2) is 0 Å². The minimum absolute atomic E-state index is 0.0802. The van der Waals surface area contributed by atoms with Crippen molar-refractivity contribution in [2.45, 2.75) is 20.3 Å². The molecule has 144 valence electrons. The normalized spacial score (nSPS) is 10.2. The van der Waals surface area contributed by atoms with Crippen LogP contribution in [0.3, 0.4) is 0 Å². The van der Waals surface area contributed by atoms with E-state index in [0.717, 1.165) is 12.1 Å². The van der Waals surface area contributed by atoms with Gasteiger partial charge in [0.2, 0.25) is 5.91 Å². The summed E-state index contributed by atoms with van der Waals surface area (Å²) < 4.78 is 10.5. The quantitative estimate of drug-likeness (QED) is 0.775. The SMILES string of the molecule is CCc1ccc(N(CCNC(=O)c2c(OC)cccc2OC)C(C)=O)cc1. The molecule has 0 aromatic heterocycles. The molecule has 0 saturated heterocycles. The maximum atomic E-state index is 12.6. The molecular formula is C21H26N2O4. The van der Waals surface area contributed by atoms with E-state index < -0.39 is 0 Å². The lowest BCUT2D eigenvalue weighted by Gasteiger charge is -2.22. The van der Waals surface area contributed by atoms with Gasteiger partial charge in [-0.05, 0) is 36.2 Å². The molecule has 0 aliphatic heterocycles. The molecule has 0 spiro atoms. The van der Waals surface area contributed by atoms with E-state index in [1.54, 1.807) is 23.1 Å². The standard InChI is InChI=1S/C21H26N2O4/c1-5-16-9-11-17(12-10-16)23(15(2)24)14-13-22-21(25)20-18(26-3)7-6-8-19(20)27-4/h6-12H,5,13-14H2,1-4H3,(H,22,25). The monoisotopic (exact) mass is 370 g/mol.